The highest BCUT2D eigenvalue weighted by Crippen LogP contribution is 2.24. The number of nitrogens with zero attached hydrogens (tertiary/aromatic N) is 2. The molecule has 0 saturated heterocycles. The van der Waals surface area contributed by atoms with Crippen LogP contribution in [0.4, 0.5) is 0 Å². The number of amides is 1. The fourth-order valence-electron chi connectivity index (χ4n) is 3.10. The van der Waals surface area contributed by atoms with Crippen molar-refractivity contribution >= 4 is 45.7 Å². The van der Waals surface area contributed by atoms with E-state index >= 15 is 0 Å². The Morgan fingerprint density at radius 2 is 2.04 bits per heavy atom. The Balaban J connectivity index is 1.38. The zero-order valence-electron chi connectivity index (χ0n) is 15.7. The summed E-state index contributed by atoms with van der Waals surface area (Å²) in [6.45, 7) is 4.14. The number of benzene rings is 2. The summed E-state index contributed by atoms with van der Waals surface area (Å²) in [5.41, 5.74) is 7.88. The maximum absolute atomic E-state index is 12.1. The Hall–Kier alpha value is -3.12. The molecule has 4 aromatic rings. The number of aryl methyl sites for hydroxylation is 2. The summed E-state index contributed by atoms with van der Waals surface area (Å²) in [6, 6.07) is 16.2. The molecule has 0 fully saturated rings. The highest BCUT2D eigenvalue weighted by molar-refractivity contribution is 7.99. The fraction of sp³-hybridized carbons (Fsp3) is 0.136. The number of carbonyl (C=O) groups excluding carboxylic acids is 1. The average Bonchev–Trinajstić information content (AvgIpc) is 3.10. The zero-order chi connectivity index (χ0) is 19.5. The molecule has 4 rings (SSSR count). The number of hydrogen-bond acceptors (Lipinski definition) is 4. The molecule has 140 valence electrons. The molecule has 0 aliphatic carbocycles. The summed E-state index contributed by atoms with van der Waals surface area (Å²) < 4.78 is 0. The number of rotatable bonds is 5. The van der Waals surface area contributed by atoms with Crippen LogP contribution < -0.4 is 5.43 Å². The lowest BCUT2D eigenvalue weighted by Crippen LogP contribution is -2.19. The van der Waals surface area contributed by atoms with Crippen molar-refractivity contribution in [1.29, 1.82) is 0 Å². The third kappa shape index (κ3) is 3.92. The minimum atomic E-state index is -0.162. The number of pyridine rings is 1. The molecule has 0 bridgehead atoms. The minimum absolute atomic E-state index is 0.162. The number of H-pyrrole nitrogens is 1. The number of aromatic nitrogens is 2. The van der Waals surface area contributed by atoms with Crippen LogP contribution in [0.2, 0.25) is 0 Å². The molecule has 0 aliphatic rings. The standard InChI is InChI=1S/C22H20N4OS/c1-14-7-8-20-18(9-14)15(2)10-22(25-20)28-13-21(27)26-24-12-16-11-23-19-6-4-3-5-17(16)19/h3-12,23H,13H2,1-2H3,(H,26,27)/b24-12-. The Morgan fingerprint density at radius 1 is 1.18 bits per heavy atom. The van der Waals surface area contributed by atoms with E-state index in [-0.39, 0.29) is 11.7 Å². The maximum Gasteiger partial charge on any atom is 0.250 e. The van der Waals surface area contributed by atoms with E-state index in [9.17, 15) is 4.79 Å². The van der Waals surface area contributed by atoms with Gasteiger partial charge in [-0.15, -0.1) is 0 Å². The highest BCUT2D eigenvalue weighted by atomic mass is 32.2. The quantitative estimate of drug-likeness (QED) is 0.299. The van der Waals surface area contributed by atoms with Gasteiger partial charge in [0.2, 0.25) is 5.91 Å². The molecule has 2 heterocycles. The number of fused-ring (bicyclic) bond motifs is 2. The number of thioether (sulfide) groups is 1. The molecule has 2 aromatic carbocycles. The zero-order valence-corrected chi connectivity index (χ0v) is 16.5. The number of hydrazone groups is 1. The van der Waals surface area contributed by atoms with Crippen LogP contribution in [0, 0.1) is 13.8 Å². The molecule has 28 heavy (non-hydrogen) atoms. The first kappa shape index (κ1) is 18.3. The molecule has 0 spiro atoms. The molecule has 5 nitrogen and oxygen atoms in total. The molecule has 0 aliphatic heterocycles. The first-order valence-electron chi connectivity index (χ1n) is 8.99. The van der Waals surface area contributed by atoms with E-state index in [1.54, 1.807) is 6.21 Å². The lowest BCUT2D eigenvalue weighted by molar-refractivity contribution is -0.118. The van der Waals surface area contributed by atoms with E-state index in [1.165, 1.54) is 17.3 Å². The van der Waals surface area contributed by atoms with Gasteiger partial charge in [0, 0.05) is 28.0 Å². The normalized spacial score (nSPS) is 11.5. The smallest absolute Gasteiger partial charge is 0.250 e. The lowest BCUT2D eigenvalue weighted by atomic mass is 10.1. The lowest BCUT2D eigenvalue weighted by Gasteiger charge is -2.07. The van der Waals surface area contributed by atoms with Gasteiger partial charge in [0.15, 0.2) is 0 Å². The summed E-state index contributed by atoms with van der Waals surface area (Å²) in [6.07, 6.45) is 3.53. The number of hydrogen-bond donors (Lipinski definition) is 2. The molecule has 0 radical (unpaired) electrons. The Kier molecular flexibility index (Phi) is 5.12. The molecule has 0 unspecified atom stereocenters. The van der Waals surface area contributed by atoms with E-state index < -0.39 is 0 Å². The van der Waals surface area contributed by atoms with Crippen LogP contribution in [0.5, 0.6) is 0 Å². The minimum Gasteiger partial charge on any atom is -0.361 e. The van der Waals surface area contributed by atoms with E-state index in [0.29, 0.717) is 0 Å². The van der Waals surface area contributed by atoms with E-state index in [0.717, 1.165) is 38.0 Å². The van der Waals surface area contributed by atoms with Gasteiger partial charge in [-0.3, -0.25) is 4.79 Å². The summed E-state index contributed by atoms with van der Waals surface area (Å²) in [5, 5.41) is 7.13. The van der Waals surface area contributed by atoms with Crippen LogP contribution in [-0.4, -0.2) is 27.8 Å². The van der Waals surface area contributed by atoms with Crippen molar-refractivity contribution in [3.05, 3.63) is 71.4 Å². The summed E-state index contributed by atoms with van der Waals surface area (Å²) in [4.78, 5) is 19.9. The van der Waals surface area contributed by atoms with E-state index in [4.69, 9.17) is 0 Å². The van der Waals surface area contributed by atoms with Gasteiger partial charge in [-0.1, -0.05) is 41.6 Å². The van der Waals surface area contributed by atoms with Crippen molar-refractivity contribution < 1.29 is 4.79 Å². The summed E-state index contributed by atoms with van der Waals surface area (Å²) in [5.74, 6) is 0.0965. The Labute approximate surface area is 167 Å². The molecular formula is C22H20N4OS. The van der Waals surface area contributed by atoms with Crippen molar-refractivity contribution in [3.63, 3.8) is 0 Å². The van der Waals surface area contributed by atoms with Crippen molar-refractivity contribution in [3.8, 4) is 0 Å². The molecule has 6 heteroatoms. The Bertz CT molecular complexity index is 1200. The van der Waals surface area contributed by atoms with Crippen molar-refractivity contribution in [2.24, 2.45) is 5.10 Å². The Morgan fingerprint density at radius 3 is 2.93 bits per heavy atom. The molecule has 0 atom stereocenters. The van der Waals surface area contributed by atoms with Gasteiger partial charge in [-0.05, 0) is 43.7 Å². The predicted molar refractivity (Wildman–Crippen MR) is 116 cm³/mol. The SMILES string of the molecule is Cc1ccc2nc(SCC(=O)N/N=C\c3c[nH]c4ccccc34)cc(C)c2c1. The van der Waals surface area contributed by atoms with Crippen LogP contribution in [0.1, 0.15) is 16.7 Å². The van der Waals surface area contributed by atoms with Gasteiger partial charge >= 0.3 is 0 Å². The van der Waals surface area contributed by atoms with Crippen LogP contribution in [0.3, 0.4) is 0 Å². The van der Waals surface area contributed by atoms with Gasteiger partial charge in [0.25, 0.3) is 0 Å². The number of para-hydroxylation sites is 1. The van der Waals surface area contributed by atoms with Crippen LogP contribution >= 0.6 is 11.8 Å². The monoisotopic (exact) mass is 388 g/mol. The van der Waals surface area contributed by atoms with Crippen molar-refractivity contribution in [2.75, 3.05) is 5.75 Å². The van der Waals surface area contributed by atoms with E-state index in [1.807, 2.05) is 42.6 Å². The maximum atomic E-state index is 12.1. The first-order valence-corrected chi connectivity index (χ1v) is 9.97. The number of carbonyl (C=O) groups is 1. The number of nitrogens with one attached hydrogen (secondary N) is 2. The summed E-state index contributed by atoms with van der Waals surface area (Å²) in [7, 11) is 0. The summed E-state index contributed by atoms with van der Waals surface area (Å²) >= 11 is 1.41. The number of aromatic amines is 1. The van der Waals surface area contributed by atoms with Gasteiger partial charge in [0.05, 0.1) is 22.5 Å². The van der Waals surface area contributed by atoms with Gasteiger partial charge in [-0.25, -0.2) is 10.4 Å². The van der Waals surface area contributed by atoms with Gasteiger partial charge in [0.1, 0.15) is 0 Å². The molecule has 2 N–H and O–H groups in total. The fourth-order valence-corrected chi connectivity index (χ4v) is 3.86. The first-order chi connectivity index (χ1) is 13.6. The third-order valence-electron chi connectivity index (χ3n) is 4.51. The van der Waals surface area contributed by atoms with Crippen molar-refractivity contribution in [1.82, 2.24) is 15.4 Å². The van der Waals surface area contributed by atoms with E-state index in [2.05, 4.69) is 46.5 Å². The molecule has 1 amide bonds. The van der Waals surface area contributed by atoms with Crippen LogP contribution in [0.15, 0.2) is 64.9 Å². The van der Waals surface area contributed by atoms with Gasteiger partial charge in [-0.2, -0.15) is 5.10 Å². The largest absolute Gasteiger partial charge is 0.361 e. The second-order valence-corrected chi connectivity index (χ2v) is 7.67. The second kappa shape index (κ2) is 7.86. The average molecular weight is 388 g/mol. The predicted octanol–water partition coefficient (Wildman–Crippen LogP) is 4.58. The van der Waals surface area contributed by atoms with Gasteiger partial charge < -0.3 is 4.98 Å². The third-order valence-corrected chi connectivity index (χ3v) is 5.42. The molecule has 0 saturated carbocycles. The highest BCUT2D eigenvalue weighted by Gasteiger charge is 2.07. The van der Waals surface area contributed by atoms with Crippen LogP contribution in [0.25, 0.3) is 21.8 Å². The molecular weight excluding hydrogens is 368 g/mol. The second-order valence-electron chi connectivity index (χ2n) is 6.67. The topological polar surface area (TPSA) is 70.1 Å². The molecule has 2 aromatic heterocycles. The van der Waals surface area contributed by atoms with Crippen LogP contribution in [-0.2, 0) is 4.79 Å². The van der Waals surface area contributed by atoms with Crippen molar-refractivity contribution in [2.45, 2.75) is 18.9 Å².